The summed E-state index contributed by atoms with van der Waals surface area (Å²) in [7, 11) is 0. The van der Waals surface area contributed by atoms with Gasteiger partial charge in [-0.3, -0.25) is 9.69 Å². The van der Waals surface area contributed by atoms with Crippen molar-refractivity contribution < 1.29 is 37.7 Å². The first-order chi connectivity index (χ1) is 21.4. The molecule has 0 aliphatic carbocycles. The highest BCUT2D eigenvalue weighted by Crippen LogP contribution is 2.36. The SMILES string of the molecule is CC1CN(CC(=O)N2CCc3cc(N=C(c4ccc(C(F)(F)F)cc4)c4c(O)[nH]c5cc(C(=O)O)ccc45)ccc32)CC(C)O1. The van der Waals surface area contributed by atoms with Crippen molar-refractivity contribution in [2.24, 2.45) is 4.99 Å². The third kappa shape index (κ3) is 6.16. The van der Waals surface area contributed by atoms with Gasteiger partial charge in [0.05, 0.1) is 46.8 Å². The van der Waals surface area contributed by atoms with Crippen LogP contribution in [0.3, 0.4) is 0 Å². The Labute approximate surface area is 256 Å². The molecule has 0 saturated carbocycles. The quantitative estimate of drug-likeness (QED) is 0.236. The average molecular weight is 621 g/mol. The Morgan fingerprint density at radius 2 is 1.69 bits per heavy atom. The maximum Gasteiger partial charge on any atom is 0.416 e. The van der Waals surface area contributed by atoms with E-state index in [1.807, 2.05) is 26.0 Å². The fraction of sp³-hybridized carbons (Fsp3) is 0.303. The summed E-state index contributed by atoms with van der Waals surface area (Å²) in [6, 6.07) is 14.1. The van der Waals surface area contributed by atoms with E-state index in [4.69, 9.17) is 9.73 Å². The number of hydrogen-bond acceptors (Lipinski definition) is 6. The second-order valence-corrected chi connectivity index (χ2v) is 11.5. The zero-order valence-corrected chi connectivity index (χ0v) is 24.6. The van der Waals surface area contributed by atoms with E-state index in [0.717, 1.165) is 23.4 Å². The van der Waals surface area contributed by atoms with Crippen LogP contribution in [0.4, 0.5) is 24.5 Å². The lowest BCUT2D eigenvalue weighted by molar-refractivity contribution is -0.137. The zero-order chi connectivity index (χ0) is 32.0. The van der Waals surface area contributed by atoms with Crippen molar-refractivity contribution in [1.29, 1.82) is 0 Å². The lowest BCUT2D eigenvalue weighted by Crippen LogP contribution is -2.49. The predicted octanol–water partition coefficient (Wildman–Crippen LogP) is 5.76. The summed E-state index contributed by atoms with van der Waals surface area (Å²) < 4.78 is 45.8. The largest absolute Gasteiger partial charge is 0.494 e. The van der Waals surface area contributed by atoms with Gasteiger partial charge in [0.25, 0.3) is 0 Å². The summed E-state index contributed by atoms with van der Waals surface area (Å²) >= 11 is 0. The molecule has 3 aromatic carbocycles. The number of amides is 1. The smallest absolute Gasteiger partial charge is 0.416 e. The zero-order valence-electron chi connectivity index (χ0n) is 24.6. The Kier molecular flexibility index (Phi) is 7.88. The minimum atomic E-state index is -4.53. The van der Waals surface area contributed by atoms with Crippen molar-refractivity contribution in [3.05, 3.63) is 88.5 Å². The third-order valence-corrected chi connectivity index (χ3v) is 8.10. The van der Waals surface area contributed by atoms with Gasteiger partial charge in [-0.2, -0.15) is 13.2 Å². The molecule has 1 amide bonds. The Bertz CT molecular complexity index is 1810. The maximum absolute atomic E-state index is 13.3. The first kappa shape index (κ1) is 30.4. The molecule has 12 heteroatoms. The van der Waals surface area contributed by atoms with Crippen LogP contribution < -0.4 is 4.90 Å². The molecule has 45 heavy (non-hydrogen) atoms. The molecular weight excluding hydrogens is 589 g/mol. The average Bonchev–Trinajstić information content (AvgIpc) is 3.54. The van der Waals surface area contributed by atoms with E-state index in [-0.39, 0.29) is 47.4 Å². The molecule has 2 aliphatic rings. The monoisotopic (exact) mass is 620 g/mol. The molecule has 2 aliphatic heterocycles. The third-order valence-electron chi connectivity index (χ3n) is 8.10. The van der Waals surface area contributed by atoms with Crippen molar-refractivity contribution in [1.82, 2.24) is 9.88 Å². The fourth-order valence-corrected chi connectivity index (χ4v) is 6.17. The maximum atomic E-state index is 13.3. The molecule has 6 rings (SSSR count). The number of aromatic nitrogens is 1. The first-order valence-corrected chi connectivity index (χ1v) is 14.5. The summed E-state index contributed by atoms with van der Waals surface area (Å²) in [5.41, 5.74) is 2.37. The molecule has 0 bridgehead atoms. The highest BCUT2D eigenvalue weighted by atomic mass is 19.4. The van der Waals surface area contributed by atoms with Gasteiger partial charge in [-0.1, -0.05) is 18.2 Å². The molecule has 0 radical (unpaired) electrons. The Morgan fingerprint density at radius 3 is 2.36 bits per heavy atom. The number of anilines is 1. The molecule has 0 spiro atoms. The van der Waals surface area contributed by atoms with Gasteiger partial charge < -0.3 is 24.8 Å². The number of carbonyl (C=O) groups excluding carboxylic acids is 1. The van der Waals surface area contributed by atoms with E-state index in [2.05, 4.69) is 9.88 Å². The minimum Gasteiger partial charge on any atom is -0.494 e. The van der Waals surface area contributed by atoms with E-state index >= 15 is 0 Å². The molecular formula is C33H31F3N4O5. The molecule has 234 valence electrons. The van der Waals surface area contributed by atoms with Crippen LogP contribution in [0, 0.1) is 0 Å². The number of nitrogens with one attached hydrogen (secondary N) is 1. The topological polar surface area (TPSA) is 118 Å². The van der Waals surface area contributed by atoms with E-state index in [0.29, 0.717) is 48.2 Å². The van der Waals surface area contributed by atoms with E-state index in [1.165, 1.54) is 30.3 Å². The standard InChI is InChI=1S/C33H31F3N4O5/c1-18-15-39(16-19(2)45-18)17-28(41)40-12-11-21-13-24(8-10-27(21)40)37-30(20-3-6-23(7-4-20)33(34,35)36)29-25-9-5-22(32(43)44)14-26(25)38-31(29)42/h3-10,13-14,18-19,38,42H,11-12,15-17H2,1-2H3,(H,43,44). The number of carboxylic acids is 1. The number of H-pyrrole nitrogens is 1. The Balaban J connectivity index is 1.36. The molecule has 4 aromatic rings. The number of fused-ring (bicyclic) bond motifs is 2. The Hall–Kier alpha value is -4.68. The second-order valence-electron chi connectivity index (χ2n) is 11.5. The molecule has 1 saturated heterocycles. The number of rotatable bonds is 6. The van der Waals surface area contributed by atoms with Crippen molar-refractivity contribution in [2.45, 2.75) is 38.7 Å². The molecule has 9 nitrogen and oxygen atoms in total. The predicted molar refractivity (Wildman–Crippen MR) is 163 cm³/mol. The normalized spacial score (nSPS) is 19.2. The van der Waals surface area contributed by atoms with Crippen LogP contribution >= 0.6 is 0 Å². The fourth-order valence-electron chi connectivity index (χ4n) is 6.17. The number of halogens is 3. The molecule has 1 fully saturated rings. The lowest BCUT2D eigenvalue weighted by Gasteiger charge is -2.35. The van der Waals surface area contributed by atoms with E-state index in [1.54, 1.807) is 11.0 Å². The number of nitrogens with zero attached hydrogens (tertiary/aromatic N) is 3. The van der Waals surface area contributed by atoms with Crippen LogP contribution in [0.1, 0.15) is 46.5 Å². The van der Waals surface area contributed by atoms with Crippen LogP contribution in [0.5, 0.6) is 5.88 Å². The second kappa shape index (κ2) is 11.7. The van der Waals surface area contributed by atoms with Crippen LogP contribution in [0.2, 0.25) is 0 Å². The first-order valence-electron chi connectivity index (χ1n) is 14.5. The number of carbonyl (C=O) groups is 2. The molecule has 1 aromatic heterocycles. The number of alkyl halides is 3. The van der Waals surface area contributed by atoms with Gasteiger partial charge in [0.15, 0.2) is 5.88 Å². The molecule has 3 N–H and O–H groups in total. The van der Waals surface area contributed by atoms with Gasteiger partial charge in [0.2, 0.25) is 5.91 Å². The van der Waals surface area contributed by atoms with Crippen molar-refractivity contribution in [2.75, 3.05) is 31.1 Å². The number of benzene rings is 3. The Morgan fingerprint density at radius 1 is 1.00 bits per heavy atom. The van der Waals surface area contributed by atoms with E-state index < -0.39 is 17.7 Å². The van der Waals surface area contributed by atoms with Gasteiger partial charge in [0, 0.05) is 41.8 Å². The van der Waals surface area contributed by atoms with Crippen LogP contribution in [-0.4, -0.2) is 76.1 Å². The highest BCUT2D eigenvalue weighted by Gasteiger charge is 2.31. The molecule has 2 unspecified atom stereocenters. The van der Waals surface area contributed by atoms with Crippen molar-refractivity contribution in [3.8, 4) is 5.88 Å². The number of morpholine rings is 1. The van der Waals surface area contributed by atoms with Crippen LogP contribution in [0.25, 0.3) is 10.9 Å². The number of aliphatic imine (C=N–C) groups is 1. The summed E-state index contributed by atoms with van der Waals surface area (Å²) in [6.07, 6.45) is -3.84. The summed E-state index contributed by atoms with van der Waals surface area (Å²) in [5, 5.41) is 20.8. The number of aromatic amines is 1. The van der Waals surface area contributed by atoms with Gasteiger partial charge >= 0.3 is 12.1 Å². The van der Waals surface area contributed by atoms with Gasteiger partial charge in [-0.15, -0.1) is 0 Å². The van der Waals surface area contributed by atoms with Gasteiger partial charge in [-0.25, -0.2) is 9.79 Å². The van der Waals surface area contributed by atoms with E-state index in [9.17, 15) is 33.0 Å². The highest BCUT2D eigenvalue weighted by molar-refractivity contribution is 6.22. The molecule has 3 heterocycles. The lowest BCUT2D eigenvalue weighted by atomic mass is 9.99. The van der Waals surface area contributed by atoms with Gasteiger partial charge in [-0.05, 0) is 68.3 Å². The number of carboxylic acid groups (broad SMARTS) is 1. The van der Waals surface area contributed by atoms with Crippen molar-refractivity contribution in [3.63, 3.8) is 0 Å². The van der Waals surface area contributed by atoms with Gasteiger partial charge in [0.1, 0.15) is 0 Å². The summed E-state index contributed by atoms with van der Waals surface area (Å²) in [4.78, 5) is 36.2. The van der Waals surface area contributed by atoms with Crippen molar-refractivity contribution >= 4 is 39.9 Å². The van der Waals surface area contributed by atoms with Crippen LogP contribution in [-0.2, 0) is 22.1 Å². The number of aromatic carboxylic acids is 1. The summed E-state index contributed by atoms with van der Waals surface area (Å²) in [6.45, 7) is 6.12. The summed E-state index contributed by atoms with van der Waals surface area (Å²) in [5.74, 6) is -1.47. The number of ether oxygens (including phenoxy) is 1. The minimum absolute atomic E-state index is 0.00122. The molecule has 2 atom stereocenters. The number of hydrogen-bond donors (Lipinski definition) is 3. The van der Waals surface area contributed by atoms with Crippen LogP contribution in [0.15, 0.2) is 65.7 Å². The number of aromatic hydroxyl groups is 1.